The summed E-state index contributed by atoms with van der Waals surface area (Å²) in [5.74, 6) is -3.22. The van der Waals surface area contributed by atoms with Crippen LogP contribution in [-0.4, -0.2) is 128 Å². The Bertz CT molecular complexity index is 3710. The number of nitrogens with zero attached hydrogens (tertiary/aromatic N) is 3. The third-order valence-electron chi connectivity index (χ3n) is 17.0. The molecule has 1 saturated heterocycles. The molecule has 5 aliphatic rings. The fraction of sp³-hybridized carbons (Fsp3) is 0.415. The van der Waals surface area contributed by atoms with E-state index in [0.29, 0.717) is 95.0 Å². The quantitative estimate of drug-likeness (QED) is 0.0232. The van der Waals surface area contributed by atoms with Crippen molar-refractivity contribution in [3.63, 3.8) is 0 Å². The number of ketones is 2. The van der Waals surface area contributed by atoms with Crippen molar-refractivity contribution in [2.75, 3.05) is 59.8 Å². The van der Waals surface area contributed by atoms with E-state index in [-0.39, 0.29) is 122 Å². The van der Waals surface area contributed by atoms with Crippen molar-refractivity contribution in [1.29, 1.82) is 0 Å². The summed E-state index contributed by atoms with van der Waals surface area (Å²) in [5, 5.41) is 8.74. The highest BCUT2D eigenvalue weighted by Crippen LogP contribution is 2.44. The minimum Gasteiger partial charge on any atom is -0.493 e. The van der Waals surface area contributed by atoms with Crippen molar-refractivity contribution in [3.05, 3.63) is 130 Å². The number of anilines is 4. The molecule has 0 bridgehead atoms. The van der Waals surface area contributed by atoms with Gasteiger partial charge in [0.25, 0.3) is 21.9 Å². The topological polar surface area (TPSA) is 274 Å². The summed E-state index contributed by atoms with van der Waals surface area (Å²) >= 11 is 1.34. The molecule has 0 aromatic heterocycles. The largest absolute Gasteiger partial charge is 0.493 e. The standard InChI is InChI=1S/C65H72N6O15S2/c1-37(21-54(73)38(2)67-60(74)19-11-8-15-47(72)16-12-20-69-61(75)32-59(87-5)65(69)79)62(76)68-45-23-39(22-40(24-45)35-86-58-31-50-49(30-56(58)84-4)64(78)70-46(33-66-50)26-41-13-6-9-17-51(41)70)34-85-57-28-43-25-44(36-88(80,81)82)53-27-42-14-7-10-18-52(42)71(53)63(77)48(43)29-55(57)83-3/h6-7,9-10,13-14,17-18,22-24,28-31,37-38,44,46,53,59,66H,8,11-12,15-16,19-21,25-27,32-36H2,1-5H3,(H,67,74)(H,68,76)(H,80,81,82)/t37-,38+,44?,46+,53+,59?/m1/s1. The van der Waals surface area contributed by atoms with E-state index in [0.717, 1.165) is 16.8 Å². The number of ether oxygens (including phenoxy) is 4. The number of imide groups is 1. The van der Waals surface area contributed by atoms with E-state index in [9.17, 15) is 51.3 Å². The number of nitrogens with one attached hydrogen (secondary N) is 3. The molecule has 6 amide bonds. The molecule has 5 heterocycles. The third-order valence-corrected chi connectivity index (χ3v) is 18.8. The average Bonchev–Trinajstić information content (AvgIpc) is 1.81. The second-order valence-electron chi connectivity index (χ2n) is 23.2. The number of para-hydroxylation sites is 2. The predicted octanol–water partition coefficient (Wildman–Crippen LogP) is 7.93. The summed E-state index contributed by atoms with van der Waals surface area (Å²) in [6, 6.07) is 25.5. The number of Topliss-reactive ketones (excluding diaryl/α,β-unsaturated/α-hetero) is 2. The summed E-state index contributed by atoms with van der Waals surface area (Å²) in [7, 11) is -1.54. The van der Waals surface area contributed by atoms with Gasteiger partial charge in [-0.3, -0.25) is 47.8 Å². The van der Waals surface area contributed by atoms with Gasteiger partial charge in [0.15, 0.2) is 28.8 Å². The lowest BCUT2D eigenvalue weighted by Gasteiger charge is -2.28. The maximum atomic E-state index is 14.5. The number of carbonyl (C=O) groups is 8. The highest BCUT2D eigenvalue weighted by molar-refractivity contribution is 8.00. The van der Waals surface area contributed by atoms with Gasteiger partial charge in [-0.1, -0.05) is 43.3 Å². The molecule has 0 spiro atoms. The van der Waals surface area contributed by atoms with Crippen LogP contribution in [0, 0.1) is 11.8 Å². The summed E-state index contributed by atoms with van der Waals surface area (Å²) in [6.45, 7) is 3.67. The number of benzene rings is 5. The fourth-order valence-electron chi connectivity index (χ4n) is 12.5. The van der Waals surface area contributed by atoms with Crippen LogP contribution in [0.4, 0.5) is 22.7 Å². The van der Waals surface area contributed by atoms with Crippen molar-refractivity contribution >= 4 is 91.6 Å². The van der Waals surface area contributed by atoms with Crippen LogP contribution in [0.15, 0.2) is 91.0 Å². The molecule has 4 N–H and O–H groups in total. The van der Waals surface area contributed by atoms with E-state index in [1.807, 2.05) is 59.5 Å². The number of rotatable bonds is 26. The van der Waals surface area contributed by atoms with Gasteiger partial charge in [0.2, 0.25) is 23.6 Å². The van der Waals surface area contributed by atoms with Crippen molar-refractivity contribution in [1.82, 2.24) is 10.2 Å². The van der Waals surface area contributed by atoms with Gasteiger partial charge in [-0.25, -0.2) is 0 Å². The first-order chi connectivity index (χ1) is 42.2. The van der Waals surface area contributed by atoms with Crippen LogP contribution >= 0.6 is 11.8 Å². The van der Waals surface area contributed by atoms with Gasteiger partial charge in [-0.15, -0.1) is 0 Å². The van der Waals surface area contributed by atoms with Crippen molar-refractivity contribution < 1.29 is 70.3 Å². The van der Waals surface area contributed by atoms with Crippen LogP contribution in [0.5, 0.6) is 23.0 Å². The Hall–Kier alpha value is -8.28. The number of thioether (sulfide) groups is 1. The molecule has 464 valence electrons. The van der Waals surface area contributed by atoms with Gasteiger partial charge in [-0.05, 0) is 128 Å². The maximum Gasteiger partial charge on any atom is 0.265 e. The number of fused-ring (bicyclic) bond motifs is 8. The van der Waals surface area contributed by atoms with Gasteiger partial charge in [0, 0.05) is 91.8 Å². The molecule has 5 aliphatic heterocycles. The van der Waals surface area contributed by atoms with Gasteiger partial charge in [0.1, 0.15) is 19.0 Å². The van der Waals surface area contributed by atoms with Crippen molar-refractivity contribution in [2.24, 2.45) is 11.8 Å². The second-order valence-corrected chi connectivity index (χ2v) is 25.7. The zero-order valence-corrected chi connectivity index (χ0v) is 51.4. The first-order valence-electron chi connectivity index (χ1n) is 29.6. The average molecular weight is 1240 g/mol. The van der Waals surface area contributed by atoms with E-state index >= 15 is 0 Å². The van der Waals surface area contributed by atoms with Crippen LogP contribution in [0.3, 0.4) is 0 Å². The predicted molar refractivity (Wildman–Crippen MR) is 331 cm³/mol. The van der Waals surface area contributed by atoms with E-state index in [2.05, 4.69) is 16.0 Å². The lowest BCUT2D eigenvalue weighted by Crippen LogP contribution is -2.43. The second kappa shape index (κ2) is 27.0. The lowest BCUT2D eigenvalue weighted by molar-refractivity contribution is -0.138. The molecule has 1 fully saturated rings. The molecular formula is C65H72N6O15S2. The van der Waals surface area contributed by atoms with Gasteiger partial charge in [-0.2, -0.15) is 20.2 Å². The molecule has 5 aromatic rings. The third kappa shape index (κ3) is 14.0. The molecule has 5 aromatic carbocycles. The highest BCUT2D eigenvalue weighted by Gasteiger charge is 2.44. The Balaban J connectivity index is 0.819. The highest BCUT2D eigenvalue weighted by atomic mass is 32.2. The summed E-state index contributed by atoms with van der Waals surface area (Å²) in [4.78, 5) is 111. The fourth-order valence-corrected chi connectivity index (χ4v) is 14.0. The van der Waals surface area contributed by atoms with Crippen LogP contribution in [-0.2, 0) is 71.4 Å². The number of unbranched alkanes of at least 4 members (excludes halogenated alkanes) is 1. The van der Waals surface area contributed by atoms with Crippen LogP contribution in [0.2, 0.25) is 0 Å². The number of carbonyl (C=O) groups excluding carboxylic acids is 8. The van der Waals surface area contributed by atoms with Gasteiger partial charge < -0.3 is 44.7 Å². The SMILES string of the molecule is COc1cc2c(cc1OCc1cc(COc3cc4c(cc3OC)C(=O)N3c5ccccc5C[C@H]3CN4)cc(NC(=O)[C@H](C)CC(=O)[C@H](C)NC(=O)CCCCC(=O)CCCN3C(=O)CC(SC)C3=O)c1)CC(CS(=O)(=O)O)[C@@H]1Cc3ccccc3N1C2=O. The molecule has 6 atom stereocenters. The minimum absolute atomic E-state index is 0.0287. The van der Waals surface area contributed by atoms with Crippen LogP contribution < -0.4 is 44.7 Å². The minimum atomic E-state index is -4.46. The zero-order valence-electron chi connectivity index (χ0n) is 49.8. The Morgan fingerprint density at radius 3 is 1.99 bits per heavy atom. The smallest absolute Gasteiger partial charge is 0.265 e. The van der Waals surface area contributed by atoms with E-state index in [4.69, 9.17) is 18.9 Å². The number of likely N-dealkylation sites (tertiary alicyclic amines) is 1. The number of methoxy groups -OCH3 is 2. The summed E-state index contributed by atoms with van der Waals surface area (Å²) in [5.41, 5.74) is 6.76. The molecule has 21 nitrogen and oxygen atoms in total. The summed E-state index contributed by atoms with van der Waals surface area (Å²) in [6.07, 6.45) is 4.73. The Kier molecular flexibility index (Phi) is 19.3. The molecule has 0 radical (unpaired) electrons. The van der Waals surface area contributed by atoms with Gasteiger partial charge in [0.05, 0.1) is 48.6 Å². The number of hydrogen-bond acceptors (Lipinski definition) is 16. The monoisotopic (exact) mass is 1240 g/mol. The number of hydrogen-bond donors (Lipinski definition) is 4. The first-order valence-corrected chi connectivity index (χ1v) is 32.4. The molecule has 2 unspecified atom stereocenters. The Labute approximate surface area is 515 Å². The molecule has 10 rings (SSSR count). The van der Waals surface area contributed by atoms with Crippen molar-refractivity contribution in [3.8, 4) is 23.0 Å². The lowest BCUT2D eigenvalue weighted by atomic mass is 9.91. The molecule has 23 heteroatoms. The van der Waals surface area contributed by atoms with Gasteiger partial charge >= 0.3 is 0 Å². The molecule has 88 heavy (non-hydrogen) atoms. The summed E-state index contributed by atoms with van der Waals surface area (Å²) < 4.78 is 59.7. The van der Waals surface area contributed by atoms with Crippen molar-refractivity contribution in [2.45, 2.75) is 121 Å². The van der Waals surface area contributed by atoms with E-state index < -0.39 is 45.7 Å². The number of amides is 6. The first kappa shape index (κ1) is 62.8. The van der Waals surface area contributed by atoms with Crippen LogP contribution in [0.1, 0.15) is 114 Å². The van der Waals surface area contributed by atoms with Crippen LogP contribution in [0.25, 0.3) is 0 Å². The zero-order chi connectivity index (χ0) is 62.6. The molecular weight excluding hydrogens is 1170 g/mol. The maximum absolute atomic E-state index is 14.5. The Morgan fingerprint density at radius 1 is 0.716 bits per heavy atom. The normalized spacial score (nSPS) is 19.0. The van der Waals surface area contributed by atoms with E-state index in [1.165, 1.54) is 30.9 Å². The molecule has 0 saturated carbocycles. The molecule has 0 aliphatic carbocycles. The van der Waals surface area contributed by atoms with E-state index in [1.54, 1.807) is 61.4 Å². The Morgan fingerprint density at radius 2 is 1.33 bits per heavy atom.